The molecular weight excluding hydrogens is 399 g/mol. The van der Waals surface area contributed by atoms with Gasteiger partial charge in [-0.05, 0) is 49.6 Å². The first-order chi connectivity index (χ1) is 14.3. The van der Waals surface area contributed by atoms with E-state index < -0.39 is 17.5 Å². The maximum atomic E-state index is 13.2. The molecule has 7 nitrogen and oxygen atoms in total. The molecule has 1 fully saturated rings. The van der Waals surface area contributed by atoms with Gasteiger partial charge in [0.2, 0.25) is 0 Å². The standard InChI is InChI=1S/C20H22F3N5O2/c1-11-15(8-24)19(26-14-4-3-5-25-9-14)28-27-18(11)17-12(10-30-2)6-13(7-16(17)29)20(21,22)23/h6-7,14,25,29H,3-5,9-10H2,1-2H3,(H,26,28). The van der Waals surface area contributed by atoms with E-state index in [1.54, 1.807) is 6.92 Å². The zero-order valence-corrected chi connectivity index (χ0v) is 16.6. The largest absolute Gasteiger partial charge is 0.507 e. The van der Waals surface area contributed by atoms with Crippen molar-refractivity contribution in [1.82, 2.24) is 15.5 Å². The number of nitrogens with one attached hydrogen (secondary N) is 2. The van der Waals surface area contributed by atoms with Crippen molar-refractivity contribution in [3.05, 3.63) is 34.4 Å². The summed E-state index contributed by atoms with van der Waals surface area (Å²) in [6, 6.07) is 3.73. The number of phenols is 1. The minimum Gasteiger partial charge on any atom is -0.507 e. The Kier molecular flexibility index (Phi) is 6.43. The van der Waals surface area contributed by atoms with Crippen molar-refractivity contribution >= 4 is 5.82 Å². The van der Waals surface area contributed by atoms with Crippen LogP contribution in [0.25, 0.3) is 11.3 Å². The predicted molar refractivity (Wildman–Crippen MR) is 104 cm³/mol. The Morgan fingerprint density at radius 1 is 1.37 bits per heavy atom. The van der Waals surface area contributed by atoms with Gasteiger partial charge in [-0.2, -0.15) is 18.4 Å². The molecule has 10 heteroatoms. The Balaban J connectivity index is 2.08. The van der Waals surface area contributed by atoms with E-state index in [-0.39, 0.29) is 35.0 Å². The van der Waals surface area contributed by atoms with Gasteiger partial charge in [0.1, 0.15) is 23.1 Å². The topological polar surface area (TPSA) is 103 Å². The van der Waals surface area contributed by atoms with Crippen molar-refractivity contribution in [2.75, 3.05) is 25.5 Å². The number of halogens is 3. The van der Waals surface area contributed by atoms with Crippen LogP contribution in [-0.2, 0) is 17.5 Å². The highest BCUT2D eigenvalue weighted by molar-refractivity contribution is 5.77. The molecule has 1 atom stereocenters. The number of phenolic OH excluding ortho intramolecular Hbond substituents is 1. The Hall–Kier alpha value is -2.90. The fourth-order valence-electron chi connectivity index (χ4n) is 3.56. The summed E-state index contributed by atoms with van der Waals surface area (Å²) < 4.78 is 44.5. The molecule has 0 saturated carbocycles. The number of rotatable bonds is 5. The van der Waals surface area contributed by atoms with Crippen LogP contribution in [0.2, 0.25) is 0 Å². The van der Waals surface area contributed by atoms with Crippen molar-refractivity contribution in [1.29, 1.82) is 5.26 Å². The van der Waals surface area contributed by atoms with E-state index in [1.807, 2.05) is 0 Å². The van der Waals surface area contributed by atoms with E-state index in [2.05, 4.69) is 26.9 Å². The van der Waals surface area contributed by atoms with Crippen LogP contribution in [0.1, 0.15) is 35.1 Å². The van der Waals surface area contributed by atoms with Gasteiger partial charge in [-0.3, -0.25) is 0 Å². The molecule has 1 aliphatic rings. The second-order valence-electron chi connectivity index (χ2n) is 7.16. The Bertz CT molecular complexity index is 966. The number of methoxy groups -OCH3 is 1. The summed E-state index contributed by atoms with van der Waals surface area (Å²) >= 11 is 0. The number of anilines is 1. The highest BCUT2D eigenvalue weighted by Gasteiger charge is 2.33. The molecule has 0 aliphatic carbocycles. The number of aromatic nitrogens is 2. The SMILES string of the molecule is COCc1cc(C(F)(F)F)cc(O)c1-c1nnc(NC2CCCNC2)c(C#N)c1C. The van der Waals surface area contributed by atoms with Crippen molar-refractivity contribution in [3.8, 4) is 23.1 Å². The lowest BCUT2D eigenvalue weighted by atomic mass is 9.96. The van der Waals surface area contributed by atoms with Crippen molar-refractivity contribution < 1.29 is 23.0 Å². The summed E-state index contributed by atoms with van der Waals surface area (Å²) in [5, 5.41) is 34.8. The maximum Gasteiger partial charge on any atom is 0.416 e. The fourth-order valence-corrected chi connectivity index (χ4v) is 3.56. The van der Waals surface area contributed by atoms with E-state index in [1.165, 1.54) is 7.11 Å². The predicted octanol–water partition coefficient (Wildman–Crippen LogP) is 3.36. The van der Waals surface area contributed by atoms with Crippen LogP contribution >= 0.6 is 0 Å². The highest BCUT2D eigenvalue weighted by Crippen LogP contribution is 2.40. The molecule has 1 aromatic carbocycles. The summed E-state index contributed by atoms with van der Waals surface area (Å²) in [5.74, 6) is -0.289. The van der Waals surface area contributed by atoms with Gasteiger partial charge in [0, 0.05) is 25.3 Å². The molecule has 3 rings (SSSR count). The van der Waals surface area contributed by atoms with Crippen molar-refractivity contribution in [2.45, 2.75) is 38.6 Å². The van der Waals surface area contributed by atoms with Gasteiger partial charge in [0.25, 0.3) is 0 Å². The molecule has 1 saturated heterocycles. The van der Waals surface area contributed by atoms with E-state index in [0.29, 0.717) is 17.4 Å². The average molecular weight is 421 g/mol. The minimum atomic E-state index is -4.63. The lowest BCUT2D eigenvalue weighted by molar-refractivity contribution is -0.137. The van der Waals surface area contributed by atoms with Gasteiger partial charge in [0.15, 0.2) is 5.82 Å². The van der Waals surface area contributed by atoms with E-state index in [0.717, 1.165) is 32.0 Å². The van der Waals surface area contributed by atoms with Gasteiger partial charge in [-0.25, -0.2) is 0 Å². The third-order valence-corrected chi connectivity index (χ3v) is 5.03. The molecular formula is C20H22F3N5O2. The molecule has 0 spiro atoms. The molecule has 160 valence electrons. The molecule has 0 bridgehead atoms. The van der Waals surface area contributed by atoms with Gasteiger partial charge < -0.3 is 20.5 Å². The molecule has 0 radical (unpaired) electrons. The molecule has 1 aliphatic heterocycles. The van der Waals surface area contributed by atoms with Crippen LogP contribution in [0.4, 0.5) is 19.0 Å². The first kappa shape index (κ1) is 21.8. The van der Waals surface area contributed by atoms with Crippen LogP contribution in [-0.4, -0.2) is 41.5 Å². The Morgan fingerprint density at radius 3 is 2.73 bits per heavy atom. The highest BCUT2D eigenvalue weighted by atomic mass is 19.4. The van der Waals surface area contributed by atoms with Crippen LogP contribution in [0.5, 0.6) is 5.75 Å². The van der Waals surface area contributed by atoms with Gasteiger partial charge in [-0.15, -0.1) is 10.2 Å². The number of hydrogen-bond donors (Lipinski definition) is 3. The maximum absolute atomic E-state index is 13.2. The van der Waals surface area contributed by atoms with E-state index in [9.17, 15) is 23.5 Å². The Morgan fingerprint density at radius 2 is 2.13 bits per heavy atom. The smallest absolute Gasteiger partial charge is 0.416 e. The quantitative estimate of drug-likeness (QED) is 0.680. The van der Waals surface area contributed by atoms with Crippen molar-refractivity contribution in [2.24, 2.45) is 0 Å². The molecule has 1 aromatic heterocycles. The number of hydrogen-bond acceptors (Lipinski definition) is 7. The third-order valence-electron chi connectivity index (χ3n) is 5.03. The van der Waals surface area contributed by atoms with Crippen LogP contribution in [0.3, 0.4) is 0 Å². The van der Waals surface area contributed by atoms with Crippen molar-refractivity contribution in [3.63, 3.8) is 0 Å². The minimum absolute atomic E-state index is 0.0669. The number of aromatic hydroxyl groups is 1. The fraction of sp³-hybridized carbons (Fsp3) is 0.450. The molecule has 0 amide bonds. The lowest BCUT2D eigenvalue weighted by Gasteiger charge is -2.25. The monoisotopic (exact) mass is 421 g/mol. The Labute approximate surface area is 171 Å². The van der Waals surface area contributed by atoms with Crippen LogP contribution < -0.4 is 10.6 Å². The van der Waals surface area contributed by atoms with Gasteiger partial charge in [0.05, 0.1) is 12.2 Å². The first-order valence-corrected chi connectivity index (χ1v) is 9.43. The molecule has 1 unspecified atom stereocenters. The third kappa shape index (κ3) is 4.47. The number of benzene rings is 1. The zero-order chi connectivity index (χ0) is 21.9. The number of ether oxygens (including phenoxy) is 1. The molecule has 3 N–H and O–H groups in total. The number of nitriles is 1. The van der Waals surface area contributed by atoms with Gasteiger partial charge >= 0.3 is 6.18 Å². The number of piperidine rings is 1. The summed E-state index contributed by atoms with van der Waals surface area (Å²) in [6.45, 7) is 3.11. The van der Waals surface area contributed by atoms with E-state index in [4.69, 9.17) is 4.74 Å². The molecule has 30 heavy (non-hydrogen) atoms. The summed E-state index contributed by atoms with van der Waals surface area (Å²) in [5.41, 5.74) is -0.0536. The zero-order valence-electron chi connectivity index (χ0n) is 16.6. The normalized spacial score (nSPS) is 16.9. The van der Waals surface area contributed by atoms with Crippen LogP contribution in [0.15, 0.2) is 12.1 Å². The summed E-state index contributed by atoms with van der Waals surface area (Å²) in [4.78, 5) is 0. The average Bonchev–Trinajstić information content (AvgIpc) is 2.69. The lowest BCUT2D eigenvalue weighted by Crippen LogP contribution is -2.38. The number of nitrogens with zero attached hydrogens (tertiary/aromatic N) is 3. The van der Waals surface area contributed by atoms with E-state index >= 15 is 0 Å². The van der Waals surface area contributed by atoms with Crippen LogP contribution in [0, 0.1) is 18.3 Å². The molecule has 2 aromatic rings. The first-order valence-electron chi connectivity index (χ1n) is 9.43. The summed E-state index contributed by atoms with van der Waals surface area (Å²) in [7, 11) is 1.34. The second kappa shape index (κ2) is 8.85. The molecule has 2 heterocycles. The number of alkyl halides is 3. The second-order valence-corrected chi connectivity index (χ2v) is 7.16. The summed E-state index contributed by atoms with van der Waals surface area (Å²) in [6.07, 6.45) is -2.72. The van der Waals surface area contributed by atoms with Gasteiger partial charge in [-0.1, -0.05) is 0 Å².